The zero-order valence-corrected chi connectivity index (χ0v) is 11.1. The van der Waals surface area contributed by atoms with Gasteiger partial charge in [-0.2, -0.15) is 0 Å². The molecule has 2 unspecified atom stereocenters. The van der Waals surface area contributed by atoms with Crippen molar-refractivity contribution in [3.63, 3.8) is 0 Å². The van der Waals surface area contributed by atoms with Crippen LogP contribution in [0.3, 0.4) is 0 Å². The van der Waals surface area contributed by atoms with Crippen molar-refractivity contribution in [1.82, 2.24) is 0 Å². The smallest absolute Gasteiger partial charge is 0.185 e. The van der Waals surface area contributed by atoms with Crippen LogP contribution in [0.4, 0.5) is 14.5 Å². The molecule has 1 rings (SSSR count). The molecular formula is C12H15F2NO3S. The van der Waals surface area contributed by atoms with E-state index in [4.69, 9.17) is 5.73 Å². The number of carbonyl (C=O) groups excluding carboxylic acids is 1. The van der Waals surface area contributed by atoms with E-state index >= 15 is 0 Å². The third-order valence-corrected chi connectivity index (χ3v) is 3.37. The lowest BCUT2D eigenvalue weighted by molar-refractivity contribution is -0.109. The minimum absolute atomic E-state index is 0.0702. The fraction of sp³-hybridized carbons (Fsp3) is 0.417. The van der Waals surface area contributed by atoms with Crippen LogP contribution in [-0.4, -0.2) is 27.2 Å². The number of aliphatic hydroxyl groups excluding tert-OH is 2. The van der Waals surface area contributed by atoms with E-state index in [0.29, 0.717) is 5.75 Å². The second-order valence-electron chi connectivity index (χ2n) is 4.04. The molecule has 0 saturated heterocycles. The highest BCUT2D eigenvalue weighted by Crippen LogP contribution is 2.27. The lowest BCUT2D eigenvalue weighted by atomic mass is 10.0. The Balaban J connectivity index is 2.73. The second-order valence-corrected chi connectivity index (χ2v) is 5.31. The van der Waals surface area contributed by atoms with Gasteiger partial charge in [-0.25, -0.2) is 8.78 Å². The first-order chi connectivity index (χ1) is 8.82. The van der Waals surface area contributed by atoms with Crippen LogP contribution in [0.5, 0.6) is 0 Å². The predicted octanol–water partition coefficient (Wildman–Crippen LogP) is 1.61. The number of aliphatic hydroxyl groups is 2. The van der Waals surface area contributed by atoms with Crippen LogP contribution in [0.15, 0.2) is 12.1 Å². The fourth-order valence-electron chi connectivity index (χ4n) is 1.52. The van der Waals surface area contributed by atoms with Gasteiger partial charge in [0.1, 0.15) is 6.10 Å². The van der Waals surface area contributed by atoms with Crippen molar-refractivity contribution in [2.24, 2.45) is 0 Å². The van der Waals surface area contributed by atoms with Crippen LogP contribution in [0.2, 0.25) is 0 Å². The van der Waals surface area contributed by atoms with E-state index in [9.17, 15) is 23.8 Å². The SMILES string of the molecule is CC(=O)SCCC(O)C(O)c1cc(F)c(F)cc1N. The molecule has 106 valence electrons. The molecule has 0 aliphatic rings. The third kappa shape index (κ3) is 4.45. The summed E-state index contributed by atoms with van der Waals surface area (Å²) in [6.07, 6.45) is -2.51. The van der Waals surface area contributed by atoms with Gasteiger partial charge < -0.3 is 15.9 Å². The fourth-order valence-corrected chi connectivity index (χ4v) is 2.17. The monoisotopic (exact) mass is 291 g/mol. The summed E-state index contributed by atoms with van der Waals surface area (Å²) in [6, 6.07) is 1.52. The largest absolute Gasteiger partial charge is 0.398 e. The number of halogens is 2. The molecule has 7 heteroatoms. The van der Waals surface area contributed by atoms with Gasteiger partial charge >= 0.3 is 0 Å². The molecule has 0 amide bonds. The molecule has 0 aromatic heterocycles. The Bertz CT molecular complexity index is 471. The summed E-state index contributed by atoms with van der Waals surface area (Å²) in [5, 5.41) is 19.5. The van der Waals surface area contributed by atoms with Crippen molar-refractivity contribution < 1.29 is 23.8 Å². The number of anilines is 1. The van der Waals surface area contributed by atoms with E-state index in [-0.39, 0.29) is 22.8 Å². The van der Waals surface area contributed by atoms with Crippen molar-refractivity contribution in [2.45, 2.75) is 25.6 Å². The van der Waals surface area contributed by atoms with Gasteiger partial charge in [-0.05, 0) is 12.5 Å². The molecule has 0 heterocycles. The summed E-state index contributed by atoms with van der Waals surface area (Å²) in [4.78, 5) is 10.7. The molecule has 1 aromatic carbocycles. The van der Waals surface area contributed by atoms with Crippen LogP contribution in [-0.2, 0) is 4.79 Å². The Morgan fingerprint density at radius 1 is 1.37 bits per heavy atom. The molecule has 4 nitrogen and oxygen atoms in total. The molecule has 2 atom stereocenters. The summed E-state index contributed by atoms with van der Waals surface area (Å²) in [5.74, 6) is -1.94. The summed E-state index contributed by atoms with van der Waals surface area (Å²) in [6.45, 7) is 1.39. The van der Waals surface area contributed by atoms with E-state index in [1.54, 1.807) is 0 Å². The number of rotatable bonds is 5. The minimum atomic E-state index is -1.43. The van der Waals surface area contributed by atoms with Gasteiger partial charge in [0.2, 0.25) is 0 Å². The van der Waals surface area contributed by atoms with Crippen LogP contribution < -0.4 is 5.73 Å². The molecular weight excluding hydrogens is 276 g/mol. The van der Waals surface area contributed by atoms with Crippen molar-refractivity contribution in [2.75, 3.05) is 11.5 Å². The highest BCUT2D eigenvalue weighted by molar-refractivity contribution is 8.13. The molecule has 0 bridgehead atoms. The maximum Gasteiger partial charge on any atom is 0.185 e. The minimum Gasteiger partial charge on any atom is -0.398 e. The average molecular weight is 291 g/mol. The average Bonchev–Trinajstić information content (AvgIpc) is 2.32. The summed E-state index contributed by atoms with van der Waals surface area (Å²) in [5.41, 5.74) is 5.26. The van der Waals surface area contributed by atoms with E-state index in [1.165, 1.54) is 6.92 Å². The predicted molar refractivity (Wildman–Crippen MR) is 69.5 cm³/mol. The highest BCUT2D eigenvalue weighted by atomic mass is 32.2. The second kappa shape index (κ2) is 6.83. The number of carbonyl (C=O) groups is 1. The third-order valence-electron chi connectivity index (χ3n) is 2.53. The highest BCUT2D eigenvalue weighted by Gasteiger charge is 2.22. The van der Waals surface area contributed by atoms with Crippen molar-refractivity contribution in [1.29, 1.82) is 0 Å². The van der Waals surface area contributed by atoms with Gasteiger partial charge in [0, 0.05) is 30.0 Å². The van der Waals surface area contributed by atoms with Crippen molar-refractivity contribution in [3.05, 3.63) is 29.3 Å². The number of hydrogen-bond donors (Lipinski definition) is 3. The van der Waals surface area contributed by atoms with Gasteiger partial charge in [-0.3, -0.25) is 4.79 Å². The number of hydrogen-bond acceptors (Lipinski definition) is 5. The van der Waals surface area contributed by atoms with Crippen LogP contribution in [0.25, 0.3) is 0 Å². The van der Waals surface area contributed by atoms with E-state index in [1.807, 2.05) is 0 Å². The first-order valence-electron chi connectivity index (χ1n) is 5.56. The Morgan fingerprint density at radius 2 is 1.95 bits per heavy atom. The van der Waals surface area contributed by atoms with Crippen LogP contribution in [0, 0.1) is 11.6 Å². The molecule has 1 aromatic rings. The quantitative estimate of drug-likeness (QED) is 0.718. The Kier molecular flexibility index (Phi) is 5.71. The normalized spacial score (nSPS) is 14.2. The molecule has 19 heavy (non-hydrogen) atoms. The van der Waals surface area contributed by atoms with E-state index in [0.717, 1.165) is 23.9 Å². The number of nitrogens with two attached hydrogens (primary N) is 1. The van der Waals surface area contributed by atoms with Crippen molar-refractivity contribution in [3.8, 4) is 0 Å². The van der Waals surface area contributed by atoms with E-state index < -0.39 is 23.8 Å². The van der Waals surface area contributed by atoms with Gasteiger partial charge in [0.25, 0.3) is 0 Å². The van der Waals surface area contributed by atoms with Gasteiger partial charge in [0.15, 0.2) is 16.7 Å². The Hall–Kier alpha value is -1.18. The molecule has 0 aliphatic carbocycles. The zero-order valence-electron chi connectivity index (χ0n) is 10.3. The molecule has 4 N–H and O–H groups in total. The molecule has 0 saturated carbocycles. The number of thioether (sulfide) groups is 1. The standard InChI is InChI=1S/C12H15F2NO3S/c1-6(16)19-3-2-11(17)12(18)7-4-8(13)9(14)5-10(7)15/h4-5,11-12,17-18H,2-3,15H2,1H3. The first-order valence-corrected chi connectivity index (χ1v) is 6.55. The lowest BCUT2D eigenvalue weighted by Crippen LogP contribution is -2.20. The molecule has 0 fully saturated rings. The zero-order chi connectivity index (χ0) is 14.6. The Labute approximate surface area is 113 Å². The summed E-state index contributed by atoms with van der Waals surface area (Å²) < 4.78 is 25.9. The van der Waals surface area contributed by atoms with Gasteiger partial charge in [0.05, 0.1) is 6.10 Å². The Morgan fingerprint density at radius 3 is 2.53 bits per heavy atom. The van der Waals surface area contributed by atoms with Crippen molar-refractivity contribution >= 4 is 22.6 Å². The lowest BCUT2D eigenvalue weighted by Gasteiger charge is -2.19. The topological polar surface area (TPSA) is 83.5 Å². The van der Waals surface area contributed by atoms with E-state index in [2.05, 4.69) is 0 Å². The summed E-state index contributed by atoms with van der Waals surface area (Å²) in [7, 11) is 0. The summed E-state index contributed by atoms with van der Waals surface area (Å²) >= 11 is 1.01. The van der Waals surface area contributed by atoms with Gasteiger partial charge in [-0.15, -0.1) is 0 Å². The first kappa shape index (κ1) is 15.9. The maximum atomic E-state index is 13.1. The van der Waals surface area contributed by atoms with Crippen LogP contribution >= 0.6 is 11.8 Å². The van der Waals surface area contributed by atoms with Crippen LogP contribution in [0.1, 0.15) is 25.0 Å². The maximum absolute atomic E-state index is 13.1. The number of benzene rings is 1. The molecule has 0 aliphatic heterocycles. The molecule has 0 radical (unpaired) electrons. The number of nitrogen functional groups attached to an aromatic ring is 1. The van der Waals surface area contributed by atoms with Gasteiger partial charge in [-0.1, -0.05) is 11.8 Å². The molecule has 0 spiro atoms.